The zero-order valence-corrected chi connectivity index (χ0v) is 21.1. The summed E-state index contributed by atoms with van der Waals surface area (Å²) in [5, 5.41) is 0.331. The molecule has 0 aromatic rings. The maximum atomic E-state index is 6.76. The van der Waals surface area contributed by atoms with Gasteiger partial charge < -0.3 is 8.85 Å². The Kier molecular flexibility index (Phi) is 9.32. The predicted molar refractivity (Wildman–Crippen MR) is 122 cm³/mol. The monoisotopic (exact) mass is 394 g/mol. The first-order chi connectivity index (χ1) is 11.6. The van der Waals surface area contributed by atoms with Crippen LogP contribution in [-0.2, 0) is 8.85 Å². The van der Waals surface area contributed by atoms with Crippen molar-refractivity contribution in [2.45, 2.75) is 103 Å². The highest BCUT2D eigenvalue weighted by molar-refractivity contribution is 6.74. The molecule has 4 heteroatoms. The Balaban J connectivity index is 5.70. The van der Waals surface area contributed by atoms with E-state index in [0.29, 0.717) is 0 Å². The van der Waals surface area contributed by atoms with E-state index in [1.807, 2.05) is 12.2 Å². The van der Waals surface area contributed by atoms with Crippen LogP contribution in [0.2, 0.25) is 36.3 Å². The lowest BCUT2D eigenvalue weighted by molar-refractivity contribution is 0.0609. The first-order valence-electron chi connectivity index (χ1n) is 9.74. The predicted octanol–water partition coefficient (Wildman–Crippen LogP) is 6.92. The molecule has 0 aliphatic rings. The van der Waals surface area contributed by atoms with Gasteiger partial charge in [-0.1, -0.05) is 72.6 Å². The van der Waals surface area contributed by atoms with Gasteiger partial charge in [-0.05, 0) is 48.8 Å². The van der Waals surface area contributed by atoms with Crippen LogP contribution in [0, 0.1) is 12.3 Å². The minimum absolute atomic E-state index is 0.0560. The van der Waals surface area contributed by atoms with E-state index in [4.69, 9.17) is 15.3 Å². The van der Waals surface area contributed by atoms with Crippen LogP contribution in [0.3, 0.4) is 0 Å². The molecule has 0 aliphatic carbocycles. The van der Waals surface area contributed by atoms with Gasteiger partial charge in [-0.2, -0.15) is 0 Å². The van der Waals surface area contributed by atoms with E-state index in [-0.39, 0.29) is 22.3 Å². The third kappa shape index (κ3) is 7.56. The molecule has 0 heterocycles. The lowest BCUT2D eigenvalue weighted by Crippen LogP contribution is -2.51. The number of rotatable bonds is 8. The summed E-state index contributed by atoms with van der Waals surface area (Å²) >= 11 is 0. The molecule has 0 unspecified atom stereocenters. The first kappa shape index (κ1) is 25.4. The summed E-state index contributed by atoms with van der Waals surface area (Å²) < 4.78 is 13.5. The van der Waals surface area contributed by atoms with Crippen LogP contribution in [0.1, 0.15) is 54.9 Å². The van der Waals surface area contributed by atoms with E-state index in [2.05, 4.69) is 86.7 Å². The van der Waals surface area contributed by atoms with E-state index in [1.165, 1.54) is 0 Å². The molecule has 0 aromatic heterocycles. The van der Waals surface area contributed by atoms with Crippen molar-refractivity contribution in [1.29, 1.82) is 0 Å². The highest BCUT2D eigenvalue weighted by atomic mass is 28.4. The zero-order chi connectivity index (χ0) is 20.8. The van der Waals surface area contributed by atoms with Crippen molar-refractivity contribution in [3.05, 3.63) is 24.3 Å². The van der Waals surface area contributed by atoms with Crippen molar-refractivity contribution in [3.8, 4) is 12.3 Å². The van der Waals surface area contributed by atoms with Gasteiger partial charge in [-0.3, -0.25) is 0 Å². The molecule has 0 bridgehead atoms. The van der Waals surface area contributed by atoms with E-state index >= 15 is 0 Å². The van der Waals surface area contributed by atoms with Gasteiger partial charge in [0.15, 0.2) is 16.6 Å². The Labute approximate surface area is 165 Å². The summed E-state index contributed by atoms with van der Waals surface area (Å²) in [4.78, 5) is 0. The van der Waals surface area contributed by atoms with Crippen molar-refractivity contribution in [3.63, 3.8) is 0 Å². The molecule has 0 saturated carbocycles. The van der Waals surface area contributed by atoms with E-state index in [1.54, 1.807) is 6.08 Å². The molecular formula is C22H42O2Si2. The summed E-state index contributed by atoms with van der Waals surface area (Å²) in [6.07, 6.45) is 13.9. The highest BCUT2D eigenvalue weighted by Gasteiger charge is 2.43. The Morgan fingerprint density at radius 3 is 1.73 bits per heavy atom. The average Bonchev–Trinajstić information content (AvgIpc) is 2.45. The summed E-state index contributed by atoms with van der Waals surface area (Å²) in [6, 6.07) is 0. The summed E-state index contributed by atoms with van der Waals surface area (Å²) in [7, 11) is -3.79. The van der Waals surface area contributed by atoms with E-state index < -0.39 is 16.6 Å². The fraction of sp³-hybridized carbons (Fsp3) is 0.727. The normalized spacial score (nSPS) is 16.8. The molecule has 0 amide bonds. The van der Waals surface area contributed by atoms with Gasteiger partial charge in [-0.25, -0.2) is 0 Å². The number of hydrogen-bond donors (Lipinski definition) is 0. The molecule has 150 valence electrons. The number of hydrogen-bond acceptors (Lipinski definition) is 2. The van der Waals surface area contributed by atoms with Crippen molar-refractivity contribution in [2.24, 2.45) is 0 Å². The molecule has 0 fully saturated rings. The lowest BCUT2D eigenvalue weighted by Gasteiger charge is -2.44. The van der Waals surface area contributed by atoms with Gasteiger partial charge in [0.2, 0.25) is 0 Å². The maximum Gasteiger partial charge on any atom is 0.193 e. The highest BCUT2D eigenvalue weighted by Crippen LogP contribution is 2.41. The molecule has 0 aliphatic heterocycles. The average molecular weight is 395 g/mol. The summed E-state index contributed by atoms with van der Waals surface area (Å²) in [5.74, 6) is 2.53. The Bertz CT molecular complexity index is 526. The Hall–Kier alpha value is -0.606. The molecule has 26 heavy (non-hydrogen) atoms. The van der Waals surface area contributed by atoms with Gasteiger partial charge in [0.25, 0.3) is 0 Å². The fourth-order valence-electron chi connectivity index (χ4n) is 1.98. The standard InChI is InChI=1S/C22H42O2Si2/c1-13-15-16-17-18-20(24-26(11,12)22(6,7)8)19(14-2)23-25(9,10)21(3,4)5/h1,15-20H,14H2,2-12H3/b16-15+,18-17+/t19-,20+/m0/s1. The quantitative estimate of drug-likeness (QED) is 0.252. The minimum atomic E-state index is -1.92. The number of allylic oxidation sites excluding steroid dienone is 3. The Morgan fingerprint density at radius 2 is 1.35 bits per heavy atom. The largest absolute Gasteiger partial charge is 0.411 e. The molecule has 0 radical (unpaired) electrons. The van der Waals surface area contributed by atoms with Crippen molar-refractivity contribution in [2.75, 3.05) is 0 Å². The molecule has 0 rings (SSSR count). The molecule has 0 spiro atoms. The maximum absolute atomic E-state index is 6.76. The molecule has 0 saturated heterocycles. The van der Waals surface area contributed by atoms with E-state index in [9.17, 15) is 0 Å². The van der Waals surface area contributed by atoms with Crippen molar-refractivity contribution < 1.29 is 8.85 Å². The molecule has 2 atom stereocenters. The van der Waals surface area contributed by atoms with Gasteiger partial charge in [0, 0.05) is 0 Å². The summed E-state index contributed by atoms with van der Waals surface area (Å²) in [6.45, 7) is 25.0. The van der Waals surface area contributed by atoms with Crippen LogP contribution in [0.4, 0.5) is 0 Å². The minimum Gasteiger partial charge on any atom is -0.411 e. The van der Waals surface area contributed by atoms with Crippen LogP contribution in [-0.4, -0.2) is 28.8 Å². The molecule has 0 aromatic carbocycles. The van der Waals surface area contributed by atoms with Crippen molar-refractivity contribution in [1.82, 2.24) is 0 Å². The van der Waals surface area contributed by atoms with Gasteiger partial charge in [0.1, 0.15) is 0 Å². The topological polar surface area (TPSA) is 18.5 Å². The van der Waals surface area contributed by atoms with E-state index in [0.717, 1.165) is 6.42 Å². The third-order valence-electron chi connectivity index (χ3n) is 5.86. The molecule has 2 nitrogen and oxygen atoms in total. The van der Waals surface area contributed by atoms with Gasteiger partial charge >= 0.3 is 0 Å². The van der Waals surface area contributed by atoms with Crippen LogP contribution >= 0.6 is 0 Å². The van der Waals surface area contributed by atoms with Crippen molar-refractivity contribution >= 4 is 16.6 Å². The third-order valence-corrected chi connectivity index (χ3v) is 14.8. The summed E-state index contributed by atoms with van der Waals surface area (Å²) in [5.41, 5.74) is 0. The van der Waals surface area contributed by atoms with Crippen LogP contribution in [0.5, 0.6) is 0 Å². The van der Waals surface area contributed by atoms with Crippen LogP contribution < -0.4 is 0 Å². The smallest absolute Gasteiger partial charge is 0.193 e. The van der Waals surface area contributed by atoms with Gasteiger partial charge in [-0.15, -0.1) is 6.42 Å². The van der Waals surface area contributed by atoms with Crippen LogP contribution in [0.25, 0.3) is 0 Å². The Morgan fingerprint density at radius 1 is 0.885 bits per heavy atom. The second kappa shape index (κ2) is 9.55. The second-order valence-corrected chi connectivity index (χ2v) is 19.6. The number of terminal acetylenes is 1. The molecule has 0 N–H and O–H groups in total. The van der Waals surface area contributed by atoms with Gasteiger partial charge in [0.05, 0.1) is 12.2 Å². The second-order valence-electron chi connectivity index (χ2n) is 10.1. The first-order valence-corrected chi connectivity index (χ1v) is 15.6. The fourth-order valence-corrected chi connectivity index (χ4v) is 4.65. The van der Waals surface area contributed by atoms with Crippen LogP contribution in [0.15, 0.2) is 24.3 Å². The lowest BCUT2D eigenvalue weighted by atomic mass is 10.1. The SMILES string of the molecule is C#C/C=C/C=C/[C@@H](O[Si](C)(C)C(C)(C)C)[C@H](CC)O[Si](C)(C)C(C)(C)C. The zero-order valence-electron chi connectivity index (χ0n) is 19.1. The molecular weight excluding hydrogens is 352 g/mol.